The molecule has 0 aliphatic carbocycles. The molecule has 0 atom stereocenters. The first-order chi connectivity index (χ1) is 3.68. The summed E-state index contributed by atoms with van der Waals surface area (Å²) in [6, 6.07) is 0. The molecule has 0 aliphatic rings. The number of thiol groups is 1. The molecule has 0 aliphatic heterocycles. The average Bonchev–Trinajstić information content (AvgIpc) is 1.67. The molecule has 0 aromatic rings. The minimum Gasteiger partial charge on any atom is -0.148 e. The zero-order valence-corrected chi connectivity index (χ0v) is 6.89. The lowest BCUT2D eigenvalue weighted by atomic mass is 10.2. The van der Waals surface area contributed by atoms with Crippen LogP contribution in [0.5, 0.6) is 0 Å². The van der Waals surface area contributed by atoms with Gasteiger partial charge < -0.3 is 0 Å². The molecule has 8 heavy (non-hydrogen) atoms. The van der Waals surface area contributed by atoms with Gasteiger partial charge in [0.1, 0.15) is 0 Å². The third-order valence-electron chi connectivity index (χ3n) is 1.09. The lowest BCUT2D eigenvalue weighted by Gasteiger charge is -1.96. The van der Waals surface area contributed by atoms with Gasteiger partial charge in [0.05, 0.1) is 0 Å². The molecule has 0 bridgehead atoms. The van der Waals surface area contributed by atoms with Crippen molar-refractivity contribution in [3.63, 3.8) is 0 Å². The molecule has 0 saturated carbocycles. The summed E-state index contributed by atoms with van der Waals surface area (Å²) in [5.41, 5.74) is 1.28. The number of rotatable bonds is 2. The highest BCUT2D eigenvalue weighted by Crippen LogP contribution is 2.10. The molecule has 0 N–H and O–H groups in total. The molecule has 0 unspecified atom stereocenters. The van der Waals surface area contributed by atoms with Gasteiger partial charge in [-0.1, -0.05) is 5.57 Å². The molecular formula is C6H11ClS. The van der Waals surface area contributed by atoms with Gasteiger partial charge in [-0.25, -0.2) is 0 Å². The van der Waals surface area contributed by atoms with E-state index in [4.69, 9.17) is 11.6 Å². The molecule has 0 heterocycles. The van der Waals surface area contributed by atoms with E-state index in [0.717, 1.165) is 11.3 Å². The Hall–Kier alpha value is 0.380. The van der Waals surface area contributed by atoms with Crippen LogP contribution in [0.1, 0.15) is 20.3 Å². The number of hydrogen-bond donors (Lipinski definition) is 1. The fraction of sp³-hybridized carbons (Fsp3) is 0.667. The first-order valence-corrected chi connectivity index (χ1v) is 3.58. The fourth-order valence-corrected chi connectivity index (χ4v) is 0.718. The Labute approximate surface area is 61.3 Å². The predicted octanol–water partition coefficient (Wildman–Crippen LogP) is 2.84. The summed E-state index contributed by atoms with van der Waals surface area (Å²) in [6.45, 7) is 4.02. The van der Waals surface area contributed by atoms with Crippen LogP contribution in [0.15, 0.2) is 10.5 Å². The summed E-state index contributed by atoms with van der Waals surface area (Å²) >= 11 is 9.62. The van der Waals surface area contributed by atoms with E-state index in [9.17, 15) is 0 Å². The largest absolute Gasteiger partial charge is 0.148 e. The molecule has 0 nitrogen and oxygen atoms in total. The van der Waals surface area contributed by atoms with Gasteiger partial charge in [-0.3, -0.25) is 0 Å². The summed E-state index contributed by atoms with van der Waals surface area (Å²) in [5, 5.41) is 0. The van der Waals surface area contributed by atoms with E-state index < -0.39 is 0 Å². The van der Waals surface area contributed by atoms with Crippen molar-refractivity contribution in [2.45, 2.75) is 20.3 Å². The van der Waals surface area contributed by atoms with Crippen LogP contribution in [0.3, 0.4) is 0 Å². The molecule has 2 heteroatoms. The maximum atomic E-state index is 5.47. The van der Waals surface area contributed by atoms with Gasteiger partial charge in [-0.05, 0) is 25.2 Å². The van der Waals surface area contributed by atoms with E-state index >= 15 is 0 Å². The smallest absolute Gasteiger partial charge is 0.0260 e. The fourth-order valence-electron chi connectivity index (χ4n) is 0.323. The van der Waals surface area contributed by atoms with Gasteiger partial charge in [0, 0.05) is 5.88 Å². The number of hydrogen-bond acceptors (Lipinski definition) is 1. The number of halogens is 1. The summed E-state index contributed by atoms with van der Waals surface area (Å²) in [5.74, 6) is 0.698. The van der Waals surface area contributed by atoms with Crippen LogP contribution < -0.4 is 0 Å². The molecule has 0 saturated heterocycles. The average molecular weight is 151 g/mol. The van der Waals surface area contributed by atoms with Crippen molar-refractivity contribution >= 4 is 24.2 Å². The Morgan fingerprint density at radius 1 is 1.50 bits per heavy atom. The van der Waals surface area contributed by atoms with Gasteiger partial charge in [-0.2, -0.15) is 0 Å². The van der Waals surface area contributed by atoms with Crippen LogP contribution in [0.25, 0.3) is 0 Å². The molecule has 48 valence electrons. The SMILES string of the molecule is C/C(S)=C(\C)CCCl. The standard InChI is InChI=1S/C6H11ClS/c1-5(3-4-7)6(2)8/h8H,3-4H2,1-2H3/b6-5-. The lowest BCUT2D eigenvalue weighted by Crippen LogP contribution is -1.78. The van der Waals surface area contributed by atoms with Gasteiger partial charge in [-0.15, -0.1) is 24.2 Å². The highest BCUT2D eigenvalue weighted by molar-refractivity contribution is 7.84. The van der Waals surface area contributed by atoms with Gasteiger partial charge >= 0.3 is 0 Å². The van der Waals surface area contributed by atoms with Crippen molar-refractivity contribution in [2.24, 2.45) is 0 Å². The molecule has 0 amide bonds. The molecule has 0 radical (unpaired) electrons. The third kappa shape index (κ3) is 3.39. The molecule has 0 spiro atoms. The van der Waals surface area contributed by atoms with Crippen molar-refractivity contribution in [3.05, 3.63) is 10.5 Å². The highest BCUT2D eigenvalue weighted by atomic mass is 35.5. The Balaban J connectivity index is 3.62. The predicted molar refractivity (Wildman–Crippen MR) is 42.7 cm³/mol. The van der Waals surface area contributed by atoms with Gasteiger partial charge in [0.15, 0.2) is 0 Å². The minimum absolute atomic E-state index is 0.698. The second-order valence-corrected chi connectivity index (χ2v) is 2.85. The van der Waals surface area contributed by atoms with Crippen LogP contribution in [0, 0.1) is 0 Å². The quantitative estimate of drug-likeness (QED) is 0.454. The summed E-state index contributed by atoms with van der Waals surface area (Å²) in [6.07, 6.45) is 0.955. The Morgan fingerprint density at radius 3 is 2.12 bits per heavy atom. The summed E-state index contributed by atoms with van der Waals surface area (Å²) in [7, 11) is 0. The highest BCUT2D eigenvalue weighted by Gasteiger charge is 1.88. The van der Waals surface area contributed by atoms with Crippen molar-refractivity contribution in [2.75, 3.05) is 5.88 Å². The Morgan fingerprint density at radius 2 is 2.00 bits per heavy atom. The Kier molecular flexibility index (Phi) is 4.48. The number of alkyl halides is 1. The normalized spacial score (nSPS) is 13.5. The van der Waals surface area contributed by atoms with Crippen LogP contribution >= 0.6 is 24.2 Å². The molecular weight excluding hydrogens is 140 g/mol. The van der Waals surface area contributed by atoms with Crippen LogP contribution in [-0.4, -0.2) is 5.88 Å². The maximum absolute atomic E-state index is 5.47. The monoisotopic (exact) mass is 150 g/mol. The van der Waals surface area contributed by atoms with E-state index in [1.807, 2.05) is 13.8 Å². The zero-order valence-electron chi connectivity index (χ0n) is 5.24. The molecule has 0 aromatic carbocycles. The summed E-state index contributed by atoms with van der Waals surface area (Å²) < 4.78 is 0. The van der Waals surface area contributed by atoms with E-state index in [2.05, 4.69) is 12.6 Å². The third-order valence-corrected chi connectivity index (χ3v) is 1.66. The van der Waals surface area contributed by atoms with E-state index in [-0.39, 0.29) is 0 Å². The van der Waals surface area contributed by atoms with Crippen LogP contribution in [0.4, 0.5) is 0 Å². The van der Waals surface area contributed by atoms with E-state index in [1.54, 1.807) is 0 Å². The number of allylic oxidation sites excluding steroid dienone is 2. The lowest BCUT2D eigenvalue weighted by molar-refractivity contribution is 1.09. The van der Waals surface area contributed by atoms with Crippen LogP contribution in [0.2, 0.25) is 0 Å². The first kappa shape index (κ1) is 8.38. The van der Waals surface area contributed by atoms with Gasteiger partial charge in [0.25, 0.3) is 0 Å². The minimum atomic E-state index is 0.698. The van der Waals surface area contributed by atoms with E-state index in [0.29, 0.717) is 5.88 Å². The maximum Gasteiger partial charge on any atom is 0.0260 e. The molecule has 0 aromatic heterocycles. The molecule has 0 fully saturated rings. The van der Waals surface area contributed by atoms with Crippen molar-refractivity contribution in [1.82, 2.24) is 0 Å². The second-order valence-electron chi connectivity index (χ2n) is 1.80. The second kappa shape index (κ2) is 4.28. The van der Waals surface area contributed by atoms with Crippen molar-refractivity contribution in [1.29, 1.82) is 0 Å². The van der Waals surface area contributed by atoms with Gasteiger partial charge in [0.2, 0.25) is 0 Å². The Bertz CT molecular complexity index is 92.7. The van der Waals surface area contributed by atoms with Crippen LogP contribution in [-0.2, 0) is 0 Å². The van der Waals surface area contributed by atoms with Crippen molar-refractivity contribution in [3.8, 4) is 0 Å². The van der Waals surface area contributed by atoms with Crippen molar-refractivity contribution < 1.29 is 0 Å². The zero-order chi connectivity index (χ0) is 6.57. The van der Waals surface area contributed by atoms with E-state index in [1.165, 1.54) is 5.57 Å². The topological polar surface area (TPSA) is 0 Å². The first-order valence-electron chi connectivity index (χ1n) is 2.59. The molecule has 0 rings (SSSR count). The summed E-state index contributed by atoms with van der Waals surface area (Å²) in [4.78, 5) is 1.09.